The number of hydroxylamine groups is 1. The second-order valence-corrected chi connectivity index (χ2v) is 27.5. The van der Waals surface area contributed by atoms with Gasteiger partial charge in [0.05, 0.1) is 91.0 Å². The Labute approximate surface area is 519 Å². The molecule has 4 aliphatic heterocycles. The number of methoxy groups -OCH3 is 5. The van der Waals surface area contributed by atoms with Crippen LogP contribution in [-0.2, 0) is 52.3 Å². The Morgan fingerprint density at radius 2 is 1.60 bits per heavy atom. The van der Waals surface area contributed by atoms with Crippen LogP contribution in [0.15, 0.2) is 12.2 Å². The number of allylic oxidation sites excluding steroid dienone is 2. The number of benzene rings is 1. The molecule has 8 N–H and O–H groups in total. The molecule has 6 aliphatic rings. The van der Waals surface area contributed by atoms with Crippen molar-refractivity contribution >= 4 is 82.8 Å². The Bertz CT molecular complexity index is 2570. The lowest BCUT2D eigenvalue weighted by Crippen LogP contribution is -2.66. The van der Waals surface area contributed by atoms with Gasteiger partial charge in [-0.25, -0.2) is 4.79 Å². The number of nitrogens with one attached hydrogen (secondary N) is 3. The highest BCUT2D eigenvalue weighted by atomic mass is 127. The number of aliphatic hydroxyl groups is 5. The molecule has 0 spiro atoms. The van der Waals surface area contributed by atoms with E-state index in [-0.39, 0.29) is 54.4 Å². The molecule has 1 aromatic carbocycles. The normalized spacial score (nSPS) is 38.0. The van der Waals surface area contributed by atoms with Crippen LogP contribution in [0.25, 0.3) is 0 Å². The van der Waals surface area contributed by atoms with Crippen molar-refractivity contribution in [2.45, 2.75) is 182 Å². The van der Waals surface area contributed by atoms with Crippen molar-refractivity contribution in [1.82, 2.24) is 16.1 Å². The lowest BCUT2D eigenvalue weighted by atomic mass is 9.63. The minimum absolute atomic E-state index is 0.0312. The maximum absolute atomic E-state index is 14.4. The third kappa shape index (κ3) is 15.9. The molecule has 4 heterocycles. The number of aliphatic hydroxyl groups excluding tert-OH is 4. The lowest BCUT2D eigenvalue weighted by molar-refractivity contribution is -0.341. The minimum atomic E-state index is -1.86. The number of amides is 1. The number of hydrogen-bond donors (Lipinski definition) is 8. The Balaban J connectivity index is 1.10. The van der Waals surface area contributed by atoms with E-state index in [4.69, 9.17) is 61.7 Å². The maximum Gasteiger partial charge on any atom is 0.407 e. The van der Waals surface area contributed by atoms with Gasteiger partial charge in [0.1, 0.15) is 42.2 Å². The molecule has 2 bridgehead atoms. The highest BCUT2D eigenvalue weighted by Crippen LogP contribution is 2.49. The molecule has 2 aliphatic carbocycles. The zero-order chi connectivity index (χ0) is 61.2. The number of ether oxygens (including phenoxy) is 12. The highest BCUT2D eigenvalue weighted by Gasteiger charge is 2.57. The largest absolute Gasteiger partial charge is 0.492 e. The van der Waals surface area contributed by atoms with Crippen molar-refractivity contribution in [3.8, 4) is 40.9 Å². The molecule has 0 radical (unpaired) electrons. The average Bonchev–Trinajstić information content (AvgIpc) is 1.36. The van der Waals surface area contributed by atoms with E-state index in [1.165, 1.54) is 40.6 Å². The van der Waals surface area contributed by atoms with Gasteiger partial charge < -0.3 is 93.0 Å². The van der Waals surface area contributed by atoms with Crippen LogP contribution in [0.1, 0.15) is 69.3 Å². The van der Waals surface area contributed by atoms with Crippen molar-refractivity contribution in [2.24, 2.45) is 11.8 Å². The van der Waals surface area contributed by atoms with Gasteiger partial charge >= 0.3 is 6.09 Å². The number of thioether (sulfide) groups is 1. The Kier molecular flexibility index (Phi) is 26.2. The predicted octanol–water partition coefficient (Wildman–Crippen LogP) is 3.01. The minimum Gasteiger partial charge on any atom is -0.492 e. The quantitative estimate of drug-likeness (QED) is 0.0257. The Morgan fingerprint density at radius 3 is 2.26 bits per heavy atom. The Hall–Kier alpha value is -2.42. The first kappa shape index (κ1) is 69.1. The summed E-state index contributed by atoms with van der Waals surface area (Å²) in [4.78, 5) is 47.7. The summed E-state index contributed by atoms with van der Waals surface area (Å²) in [6.07, 6.45) is -12.5. The molecule has 5 fully saturated rings. The van der Waals surface area contributed by atoms with Gasteiger partial charge in [-0.2, -0.15) is 5.48 Å². The van der Waals surface area contributed by atoms with Crippen LogP contribution in [0.5, 0.6) is 17.2 Å². The number of ketones is 1. The van der Waals surface area contributed by atoms with Gasteiger partial charge in [-0.1, -0.05) is 64.0 Å². The monoisotopic (exact) mass is 1370 g/mol. The van der Waals surface area contributed by atoms with Crippen molar-refractivity contribution in [3.05, 3.63) is 26.8 Å². The number of carbonyl (C=O) groups is 3. The van der Waals surface area contributed by atoms with Crippen LogP contribution in [0.2, 0.25) is 0 Å². The van der Waals surface area contributed by atoms with Crippen LogP contribution in [0, 0.1) is 46.0 Å². The molecule has 1 aromatic rings. The van der Waals surface area contributed by atoms with Gasteiger partial charge in [0.15, 0.2) is 36.2 Å². The van der Waals surface area contributed by atoms with Crippen molar-refractivity contribution in [1.29, 1.82) is 0 Å². The first-order valence-electron chi connectivity index (χ1n) is 27.4. The summed E-state index contributed by atoms with van der Waals surface area (Å²) in [5, 5.41) is 63.0. The van der Waals surface area contributed by atoms with Crippen LogP contribution in [0.4, 0.5) is 4.79 Å². The van der Waals surface area contributed by atoms with Crippen LogP contribution in [-0.4, -0.2) is 225 Å². The summed E-state index contributed by atoms with van der Waals surface area (Å²) in [5.74, 6) is 10.2. The van der Waals surface area contributed by atoms with E-state index in [2.05, 4.69) is 39.8 Å². The van der Waals surface area contributed by atoms with Crippen molar-refractivity contribution < 1.29 is 102 Å². The first-order chi connectivity index (χ1) is 40.2. The van der Waals surface area contributed by atoms with E-state index in [0.717, 1.165) is 11.8 Å². The molecular formula is C55H78IN3O21S4. The molecule has 0 aromatic heterocycles. The third-order valence-corrected chi connectivity index (χ3v) is 22.2. The summed E-state index contributed by atoms with van der Waals surface area (Å²) in [6, 6.07) is -2.49. The van der Waals surface area contributed by atoms with E-state index in [0.29, 0.717) is 27.9 Å². The summed E-state index contributed by atoms with van der Waals surface area (Å²) in [6.45, 7) is 9.48. The molecule has 470 valence electrons. The van der Waals surface area contributed by atoms with Gasteiger partial charge in [0.25, 0.3) is 0 Å². The number of likely N-dealkylation sites (N-methyl/N-ethyl adjacent to an activating group) is 1. The van der Waals surface area contributed by atoms with Crippen molar-refractivity contribution in [2.75, 3.05) is 60.7 Å². The fraction of sp³-hybridized carbons (Fsp3) is 0.727. The van der Waals surface area contributed by atoms with E-state index in [1.807, 2.05) is 35.8 Å². The molecular weight excluding hydrogens is 1290 g/mol. The van der Waals surface area contributed by atoms with E-state index < -0.39 is 144 Å². The Morgan fingerprint density at radius 1 is 0.869 bits per heavy atom. The fourth-order valence-corrected chi connectivity index (χ4v) is 15.9. The second-order valence-electron chi connectivity index (χ2n) is 20.8. The molecule has 22 atom stereocenters. The summed E-state index contributed by atoms with van der Waals surface area (Å²) in [5.41, 5.74) is 1.64. The number of alkyl carbamates (subject to hydrolysis) is 1. The van der Waals surface area contributed by atoms with Gasteiger partial charge in [0, 0.05) is 51.1 Å². The molecule has 29 heteroatoms. The van der Waals surface area contributed by atoms with Gasteiger partial charge in [-0.05, 0) is 97.0 Å². The zero-order valence-electron chi connectivity index (χ0n) is 48.5. The SMILES string of the molecule is CCN[C@H]1CO[C@@H](O[C@H]2[C@H](O[C@H]3C#C/C=C\C#C[C@@]4(O)CC(=O)C(NC(=O)OC)C3C4CCSSSC)O[C@H](C)[C@@H](NO[C@H]3C[C@H](O)[C@H](SC(=O)c4c(C)c(I)c(O[C@@H]5O[C@@H](C)[C@H](O)[C@@H](OC)[C@H]5O)c(OC)c4OC)[C@@H](C)O3)[C@@H]2O)C[C@@H]1OC. The zero-order valence-corrected chi connectivity index (χ0v) is 53.9. The summed E-state index contributed by atoms with van der Waals surface area (Å²) >= 11 is 2.84. The number of hydrogen-bond acceptors (Lipinski definition) is 27. The standard InChI is InChI=1S/C55H78IN3O21S4/c1-12-57-30-24-73-35(22-34(30)68-6)78-48-43(63)40(26(3)75-53(48)77-33-17-15-13-14-16-19-55(67)23-32(61)41(58-54(66)72-10)38(33)29(55)18-20-82-84-81-11)59-80-36-21-31(60)50(28(5)74-36)83-51(65)37-25(2)39(56)46(49(71-9)45(37)69-7)79-52-44(64)47(70-8)42(62)27(4)76-52/h13-14,26-31,33-36,38,40-44,47-48,50,52-53,57,59-60,62-64,67H,12,18,20-24H2,1-11H3,(H,58,66)/b14-13-/t26-,27+,28-,29?,30+,31+,33+,34+,35+,36+,38?,40-,41?,42+,43+,44-,47-,48-,50-,52+,53+,55-/m1/s1. The topological polar surface area (TPSA) is 308 Å². The number of fused-ring (bicyclic) bond motifs is 2. The molecule has 24 nitrogen and oxygen atoms in total. The van der Waals surface area contributed by atoms with Gasteiger partial charge in [0.2, 0.25) is 17.2 Å². The number of rotatable bonds is 23. The lowest BCUT2D eigenvalue weighted by Gasteiger charge is -2.49. The maximum atomic E-state index is 14.4. The van der Waals surface area contributed by atoms with Crippen LogP contribution < -0.4 is 30.3 Å². The van der Waals surface area contributed by atoms with Gasteiger partial charge in [-0.3, -0.25) is 14.4 Å². The summed E-state index contributed by atoms with van der Waals surface area (Å²) < 4.78 is 72.8. The molecule has 1 saturated carbocycles. The molecule has 1 amide bonds. The van der Waals surface area contributed by atoms with Crippen LogP contribution in [0.3, 0.4) is 0 Å². The number of carbonyl (C=O) groups excluding carboxylic acids is 3. The predicted molar refractivity (Wildman–Crippen MR) is 320 cm³/mol. The molecule has 7 rings (SSSR count). The average molecular weight is 1370 g/mol. The number of halogens is 1. The number of Topliss-reactive ketones (excluding diaryl/α,β-unsaturated/α-hetero) is 1. The van der Waals surface area contributed by atoms with E-state index >= 15 is 0 Å². The van der Waals surface area contributed by atoms with Gasteiger partial charge in [-0.15, -0.1) is 0 Å². The molecule has 84 heavy (non-hydrogen) atoms. The second kappa shape index (κ2) is 31.8. The first-order valence-corrected chi connectivity index (χ1v) is 33.4. The van der Waals surface area contributed by atoms with Crippen LogP contribution >= 0.6 is 65.8 Å². The smallest absolute Gasteiger partial charge is 0.407 e. The van der Waals surface area contributed by atoms with Crippen molar-refractivity contribution in [3.63, 3.8) is 0 Å². The molecule has 3 unspecified atom stereocenters. The van der Waals surface area contributed by atoms with E-state index in [1.54, 1.807) is 66.2 Å². The fourth-order valence-electron chi connectivity index (χ4n) is 11.3. The third-order valence-electron chi connectivity index (χ3n) is 15.6. The summed E-state index contributed by atoms with van der Waals surface area (Å²) in [7, 11) is 11.5. The molecule has 4 saturated heterocycles. The van der Waals surface area contributed by atoms with E-state index in [9.17, 15) is 39.9 Å². The highest BCUT2D eigenvalue weighted by molar-refractivity contribution is 14.1.